The van der Waals surface area contributed by atoms with Gasteiger partial charge >= 0.3 is 0 Å². The zero-order chi connectivity index (χ0) is 12.7. The summed E-state index contributed by atoms with van der Waals surface area (Å²) in [7, 11) is 3.71. The average molecular weight is 264 g/mol. The summed E-state index contributed by atoms with van der Waals surface area (Å²) in [6.07, 6.45) is 4.03. The average Bonchev–Trinajstić information content (AvgIpc) is 3.17. The van der Waals surface area contributed by atoms with Gasteiger partial charge < -0.3 is 9.88 Å². The first-order chi connectivity index (χ1) is 8.69. The van der Waals surface area contributed by atoms with Crippen molar-refractivity contribution in [2.75, 3.05) is 12.4 Å². The fourth-order valence-corrected chi connectivity index (χ4v) is 2.01. The van der Waals surface area contributed by atoms with Gasteiger partial charge in [-0.15, -0.1) is 0 Å². The van der Waals surface area contributed by atoms with E-state index in [2.05, 4.69) is 20.3 Å². The van der Waals surface area contributed by atoms with Gasteiger partial charge in [-0.3, -0.25) is 0 Å². The van der Waals surface area contributed by atoms with E-state index in [-0.39, 0.29) is 0 Å². The molecule has 2 heterocycles. The lowest BCUT2D eigenvalue weighted by molar-refractivity contribution is 0.895. The van der Waals surface area contributed by atoms with Gasteiger partial charge in [-0.05, 0) is 12.8 Å². The Balaban J connectivity index is 2.10. The molecule has 2 aromatic heterocycles. The van der Waals surface area contributed by atoms with Crippen LogP contribution in [0, 0.1) is 0 Å². The third kappa shape index (κ3) is 1.95. The number of hydrogen-bond donors (Lipinski definition) is 1. The van der Waals surface area contributed by atoms with E-state index in [4.69, 9.17) is 11.6 Å². The van der Waals surface area contributed by atoms with E-state index < -0.39 is 0 Å². The van der Waals surface area contributed by atoms with Crippen LogP contribution < -0.4 is 5.32 Å². The number of halogens is 1. The van der Waals surface area contributed by atoms with Crippen LogP contribution in [0.1, 0.15) is 24.5 Å². The molecule has 1 fully saturated rings. The lowest BCUT2D eigenvalue weighted by Gasteiger charge is -2.07. The van der Waals surface area contributed by atoms with Crippen molar-refractivity contribution in [2.24, 2.45) is 7.05 Å². The zero-order valence-corrected chi connectivity index (χ0v) is 11.1. The summed E-state index contributed by atoms with van der Waals surface area (Å²) in [5, 5.41) is 3.65. The molecule has 0 aromatic carbocycles. The predicted octanol–water partition coefficient (Wildman–Crippen LogP) is 2.45. The first-order valence-corrected chi connectivity index (χ1v) is 6.31. The molecule has 3 rings (SSSR count). The Morgan fingerprint density at radius 1 is 1.39 bits per heavy atom. The van der Waals surface area contributed by atoms with Crippen LogP contribution in [0.5, 0.6) is 0 Å². The maximum Gasteiger partial charge on any atom is 0.198 e. The Morgan fingerprint density at radius 3 is 2.72 bits per heavy atom. The minimum absolute atomic E-state index is 0.578. The highest BCUT2D eigenvalue weighted by Gasteiger charge is 2.26. The van der Waals surface area contributed by atoms with Gasteiger partial charge in [0.05, 0.1) is 6.20 Å². The third-order valence-corrected chi connectivity index (χ3v) is 3.48. The van der Waals surface area contributed by atoms with E-state index in [0.717, 1.165) is 11.5 Å². The third-order valence-electron chi connectivity index (χ3n) is 3.13. The van der Waals surface area contributed by atoms with Gasteiger partial charge in [0.2, 0.25) is 0 Å². The maximum absolute atomic E-state index is 6.00. The Morgan fingerprint density at radius 2 is 2.17 bits per heavy atom. The monoisotopic (exact) mass is 263 g/mol. The standard InChI is InChI=1S/C12H14ClN5/c1-14-10-5-8(7-3-4-7)16-11(17-10)12-15-6-9(13)18(12)2/h5-7H,3-4H2,1-2H3,(H,14,16,17). The topological polar surface area (TPSA) is 55.6 Å². The molecular formula is C12H14ClN5. The van der Waals surface area contributed by atoms with Gasteiger partial charge in [0.25, 0.3) is 0 Å². The molecule has 1 N–H and O–H groups in total. The van der Waals surface area contributed by atoms with Crippen LogP contribution in [-0.4, -0.2) is 26.6 Å². The van der Waals surface area contributed by atoms with Crippen molar-refractivity contribution >= 4 is 17.4 Å². The summed E-state index contributed by atoms with van der Waals surface area (Å²) in [5.41, 5.74) is 1.09. The minimum atomic E-state index is 0.578. The van der Waals surface area contributed by atoms with Gasteiger partial charge in [-0.2, -0.15) is 0 Å². The van der Waals surface area contributed by atoms with E-state index in [0.29, 0.717) is 22.7 Å². The number of nitrogens with zero attached hydrogens (tertiary/aromatic N) is 4. The molecule has 2 aromatic rings. The van der Waals surface area contributed by atoms with Crippen LogP contribution in [-0.2, 0) is 7.05 Å². The van der Waals surface area contributed by atoms with Crippen molar-refractivity contribution in [1.82, 2.24) is 19.5 Å². The molecule has 0 unspecified atom stereocenters. The SMILES string of the molecule is CNc1cc(C2CC2)nc(-c2ncc(Cl)n2C)n1. The van der Waals surface area contributed by atoms with Crippen LogP contribution in [0.25, 0.3) is 11.6 Å². The number of anilines is 1. The van der Waals surface area contributed by atoms with E-state index >= 15 is 0 Å². The summed E-state index contributed by atoms with van der Waals surface area (Å²) in [6, 6.07) is 2.01. The zero-order valence-electron chi connectivity index (χ0n) is 10.3. The molecule has 0 aliphatic heterocycles. The van der Waals surface area contributed by atoms with Crippen LogP contribution in [0.3, 0.4) is 0 Å². The Bertz CT molecular complexity index is 588. The summed E-state index contributed by atoms with van der Waals surface area (Å²) >= 11 is 6.00. The predicted molar refractivity (Wildman–Crippen MR) is 70.8 cm³/mol. The van der Waals surface area contributed by atoms with Gasteiger partial charge in [0, 0.05) is 31.8 Å². The smallest absolute Gasteiger partial charge is 0.198 e. The van der Waals surface area contributed by atoms with E-state index in [1.807, 2.05) is 20.2 Å². The number of nitrogens with one attached hydrogen (secondary N) is 1. The fraction of sp³-hybridized carbons (Fsp3) is 0.417. The van der Waals surface area contributed by atoms with Crippen molar-refractivity contribution in [3.05, 3.63) is 23.1 Å². The van der Waals surface area contributed by atoms with Crippen LogP contribution in [0.4, 0.5) is 5.82 Å². The Labute approximate surface area is 110 Å². The summed E-state index contributed by atoms with van der Waals surface area (Å²) < 4.78 is 1.78. The molecule has 1 aliphatic carbocycles. The lowest BCUT2D eigenvalue weighted by Crippen LogP contribution is -2.03. The number of imidazole rings is 1. The highest BCUT2D eigenvalue weighted by Crippen LogP contribution is 2.40. The lowest BCUT2D eigenvalue weighted by atomic mass is 10.2. The molecule has 5 nitrogen and oxygen atoms in total. The molecule has 6 heteroatoms. The second-order valence-electron chi connectivity index (χ2n) is 4.49. The van der Waals surface area contributed by atoms with Crippen molar-refractivity contribution in [2.45, 2.75) is 18.8 Å². The highest BCUT2D eigenvalue weighted by molar-refractivity contribution is 6.29. The highest BCUT2D eigenvalue weighted by atomic mass is 35.5. The van der Waals surface area contributed by atoms with E-state index in [1.54, 1.807) is 10.8 Å². The number of hydrogen-bond acceptors (Lipinski definition) is 4. The quantitative estimate of drug-likeness (QED) is 0.924. The van der Waals surface area contributed by atoms with Gasteiger partial charge in [-0.25, -0.2) is 15.0 Å². The molecule has 0 atom stereocenters. The van der Waals surface area contributed by atoms with Crippen LogP contribution in [0.2, 0.25) is 5.15 Å². The molecule has 0 amide bonds. The maximum atomic E-state index is 6.00. The Hall–Kier alpha value is -1.62. The molecule has 1 aliphatic rings. The number of aromatic nitrogens is 4. The fourth-order valence-electron chi connectivity index (χ4n) is 1.88. The molecule has 0 bridgehead atoms. The summed E-state index contributed by atoms with van der Waals surface area (Å²) in [5.74, 6) is 2.72. The van der Waals surface area contributed by atoms with Crippen molar-refractivity contribution in [1.29, 1.82) is 0 Å². The summed E-state index contributed by atoms with van der Waals surface area (Å²) in [6.45, 7) is 0. The molecule has 0 saturated heterocycles. The van der Waals surface area contributed by atoms with Gasteiger partial charge in [0.1, 0.15) is 11.0 Å². The van der Waals surface area contributed by atoms with E-state index in [9.17, 15) is 0 Å². The van der Waals surface area contributed by atoms with Crippen molar-refractivity contribution in [3.63, 3.8) is 0 Å². The first kappa shape index (κ1) is 11.5. The minimum Gasteiger partial charge on any atom is -0.373 e. The second-order valence-corrected chi connectivity index (χ2v) is 4.88. The van der Waals surface area contributed by atoms with Gasteiger partial charge in [0.15, 0.2) is 11.6 Å². The molecule has 94 valence electrons. The number of rotatable bonds is 3. The second kappa shape index (κ2) is 4.24. The van der Waals surface area contributed by atoms with Crippen LogP contribution >= 0.6 is 11.6 Å². The molecule has 0 spiro atoms. The van der Waals surface area contributed by atoms with Crippen LogP contribution in [0.15, 0.2) is 12.3 Å². The molecular weight excluding hydrogens is 250 g/mol. The van der Waals surface area contributed by atoms with Crippen molar-refractivity contribution < 1.29 is 0 Å². The van der Waals surface area contributed by atoms with Crippen molar-refractivity contribution in [3.8, 4) is 11.6 Å². The molecule has 1 saturated carbocycles. The molecule has 18 heavy (non-hydrogen) atoms. The summed E-state index contributed by atoms with van der Waals surface area (Å²) in [4.78, 5) is 13.3. The van der Waals surface area contributed by atoms with Gasteiger partial charge in [-0.1, -0.05) is 11.6 Å². The normalized spacial score (nSPS) is 14.8. The largest absolute Gasteiger partial charge is 0.373 e. The van der Waals surface area contributed by atoms with E-state index in [1.165, 1.54) is 12.8 Å². The Kier molecular flexibility index (Phi) is 2.70. The first-order valence-electron chi connectivity index (χ1n) is 5.93. The molecule has 0 radical (unpaired) electrons.